The van der Waals surface area contributed by atoms with Gasteiger partial charge >= 0.3 is 0 Å². The predicted octanol–water partition coefficient (Wildman–Crippen LogP) is 4.65. The van der Waals surface area contributed by atoms with E-state index in [2.05, 4.69) is 36.2 Å². The molecule has 1 aliphatic rings. The zero-order chi connectivity index (χ0) is 15.1. The van der Waals surface area contributed by atoms with E-state index in [0.717, 1.165) is 24.0 Å². The molecule has 0 radical (unpaired) electrons. The predicted molar refractivity (Wildman–Crippen MR) is 92.0 cm³/mol. The highest BCUT2D eigenvalue weighted by Gasteiger charge is 2.28. The smallest absolute Gasteiger partial charge is 0.0453 e. The summed E-state index contributed by atoms with van der Waals surface area (Å²) in [5.41, 5.74) is 1.24. The van der Waals surface area contributed by atoms with Crippen molar-refractivity contribution in [3.05, 3.63) is 34.9 Å². The molecular formula is C18H29ClN2. The van der Waals surface area contributed by atoms with Gasteiger partial charge in [0.2, 0.25) is 0 Å². The molecule has 0 amide bonds. The topological polar surface area (TPSA) is 15.3 Å². The van der Waals surface area contributed by atoms with Crippen molar-refractivity contribution in [3.8, 4) is 0 Å². The minimum Gasteiger partial charge on any atom is -0.310 e. The Morgan fingerprint density at radius 1 is 1.24 bits per heavy atom. The summed E-state index contributed by atoms with van der Waals surface area (Å²) in [4.78, 5) is 2.69. The van der Waals surface area contributed by atoms with Crippen LogP contribution in [0.3, 0.4) is 0 Å². The monoisotopic (exact) mass is 308 g/mol. The maximum Gasteiger partial charge on any atom is 0.0453 e. The van der Waals surface area contributed by atoms with E-state index in [-0.39, 0.29) is 0 Å². The van der Waals surface area contributed by atoms with Crippen LogP contribution in [0.4, 0.5) is 0 Å². The second kappa shape index (κ2) is 8.77. The van der Waals surface area contributed by atoms with E-state index in [0.29, 0.717) is 6.04 Å². The van der Waals surface area contributed by atoms with Crippen LogP contribution < -0.4 is 5.32 Å². The molecule has 1 N–H and O–H groups in total. The molecule has 118 valence electrons. The van der Waals surface area contributed by atoms with Gasteiger partial charge in [-0.1, -0.05) is 50.1 Å². The van der Waals surface area contributed by atoms with E-state index in [4.69, 9.17) is 11.6 Å². The lowest BCUT2D eigenvalue weighted by Crippen LogP contribution is -2.32. The highest BCUT2D eigenvalue weighted by Crippen LogP contribution is 2.30. The Bertz CT molecular complexity index is 417. The van der Waals surface area contributed by atoms with Gasteiger partial charge in [0.05, 0.1) is 0 Å². The van der Waals surface area contributed by atoms with Crippen molar-refractivity contribution in [1.29, 1.82) is 0 Å². The van der Waals surface area contributed by atoms with Crippen LogP contribution in [0.5, 0.6) is 0 Å². The summed E-state index contributed by atoms with van der Waals surface area (Å²) in [6, 6.07) is 9.46. The van der Waals surface area contributed by atoms with E-state index in [9.17, 15) is 0 Å². The van der Waals surface area contributed by atoms with Crippen molar-refractivity contribution in [3.63, 3.8) is 0 Å². The van der Waals surface area contributed by atoms with Gasteiger partial charge in [-0.15, -0.1) is 0 Å². The molecule has 1 fully saturated rings. The summed E-state index contributed by atoms with van der Waals surface area (Å²) >= 11 is 6.37. The molecule has 0 aromatic heterocycles. The fourth-order valence-corrected chi connectivity index (χ4v) is 3.21. The van der Waals surface area contributed by atoms with E-state index in [1.165, 1.54) is 44.3 Å². The number of nitrogens with zero attached hydrogens (tertiary/aromatic N) is 1. The molecule has 1 aromatic rings. The molecular weight excluding hydrogens is 280 g/mol. The number of rotatable bonds is 10. The van der Waals surface area contributed by atoms with Gasteiger partial charge in [-0.3, -0.25) is 0 Å². The Morgan fingerprint density at radius 3 is 2.62 bits per heavy atom. The van der Waals surface area contributed by atoms with Crippen molar-refractivity contribution in [2.24, 2.45) is 0 Å². The first-order valence-electron chi connectivity index (χ1n) is 8.48. The van der Waals surface area contributed by atoms with Crippen LogP contribution in [0.2, 0.25) is 5.02 Å². The number of benzene rings is 1. The van der Waals surface area contributed by atoms with Gasteiger partial charge in [0.1, 0.15) is 0 Å². The third-order valence-electron chi connectivity index (χ3n) is 4.30. The largest absolute Gasteiger partial charge is 0.310 e. The first kappa shape index (κ1) is 16.8. The third kappa shape index (κ3) is 5.28. The molecule has 0 saturated heterocycles. The minimum atomic E-state index is 0.367. The molecule has 0 heterocycles. The van der Waals surface area contributed by atoms with Gasteiger partial charge in [-0.2, -0.15) is 0 Å². The van der Waals surface area contributed by atoms with Crippen LogP contribution in [0.25, 0.3) is 0 Å². The summed E-state index contributed by atoms with van der Waals surface area (Å²) in [7, 11) is 0. The quantitative estimate of drug-likeness (QED) is 0.677. The minimum absolute atomic E-state index is 0.367. The van der Waals surface area contributed by atoms with Gasteiger partial charge in [-0.25, -0.2) is 0 Å². The van der Waals surface area contributed by atoms with Gasteiger partial charge in [-0.05, 0) is 50.4 Å². The van der Waals surface area contributed by atoms with Gasteiger partial charge in [0.25, 0.3) is 0 Å². The number of hydrogen-bond donors (Lipinski definition) is 1. The van der Waals surface area contributed by atoms with Crippen molar-refractivity contribution < 1.29 is 0 Å². The Morgan fingerprint density at radius 2 is 2.00 bits per heavy atom. The molecule has 1 unspecified atom stereocenters. The van der Waals surface area contributed by atoms with Crippen LogP contribution >= 0.6 is 11.6 Å². The average Bonchev–Trinajstić information content (AvgIpc) is 3.31. The molecule has 1 saturated carbocycles. The normalized spacial score (nSPS) is 16.4. The van der Waals surface area contributed by atoms with Crippen molar-refractivity contribution in [1.82, 2.24) is 10.2 Å². The summed E-state index contributed by atoms with van der Waals surface area (Å²) in [6.45, 7) is 7.85. The fraction of sp³-hybridized carbons (Fsp3) is 0.667. The summed E-state index contributed by atoms with van der Waals surface area (Å²) in [5, 5.41) is 4.48. The summed E-state index contributed by atoms with van der Waals surface area (Å²) in [6.07, 6.45) is 6.51. The second-order valence-electron chi connectivity index (χ2n) is 6.04. The number of halogens is 1. The number of unbranched alkanes of at least 4 members (excludes halogenated alkanes) is 1. The first-order chi connectivity index (χ1) is 10.3. The van der Waals surface area contributed by atoms with E-state index >= 15 is 0 Å². The van der Waals surface area contributed by atoms with Crippen LogP contribution in [-0.2, 0) is 0 Å². The lowest BCUT2D eigenvalue weighted by Gasteiger charge is -2.26. The standard InChI is InChI=1S/C18H29ClN2/c1-3-5-13-21(15-10-11-15)14-12-18(20-4-2)16-8-6-7-9-17(16)19/h6-9,15,18,20H,3-5,10-14H2,1-2H3. The molecule has 0 spiro atoms. The van der Waals surface area contributed by atoms with Crippen molar-refractivity contribution in [2.45, 2.75) is 58.0 Å². The zero-order valence-electron chi connectivity index (χ0n) is 13.4. The Kier molecular flexibility index (Phi) is 7.01. The average molecular weight is 309 g/mol. The number of hydrogen-bond acceptors (Lipinski definition) is 2. The van der Waals surface area contributed by atoms with Gasteiger partial charge in [0, 0.05) is 23.7 Å². The lowest BCUT2D eigenvalue weighted by molar-refractivity contribution is 0.243. The Hall–Kier alpha value is -0.570. The fourth-order valence-electron chi connectivity index (χ4n) is 2.94. The van der Waals surface area contributed by atoms with Crippen LogP contribution in [0, 0.1) is 0 Å². The third-order valence-corrected chi connectivity index (χ3v) is 4.64. The van der Waals surface area contributed by atoms with Crippen molar-refractivity contribution in [2.75, 3.05) is 19.6 Å². The maximum absolute atomic E-state index is 6.37. The lowest BCUT2D eigenvalue weighted by atomic mass is 10.0. The van der Waals surface area contributed by atoms with Gasteiger partial charge < -0.3 is 10.2 Å². The van der Waals surface area contributed by atoms with E-state index < -0.39 is 0 Å². The molecule has 2 rings (SSSR count). The van der Waals surface area contributed by atoms with Crippen LogP contribution in [0.1, 0.15) is 57.6 Å². The summed E-state index contributed by atoms with van der Waals surface area (Å²) < 4.78 is 0. The highest BCUT2D eigenvalue weighted by atomic mass is 35.5. The summed E-state index contributed by atoms with van der Waals surface area (Å²) in [5.74, 6) is 0. The van der Waals surface area contributed by atoms with Crippen LogP contribution in [0.15, 0.2) is 24.3 Å². The Labute approximate surface area is 134 Å². The highest BCUT2D eigenvalue weighted by molar-refractivity contribution is 6.31. The maximum atomic E-state index is 6.37. The SMILES string of the molecule is CCCCN(CCC(NCC)c1ccccc1Cl)C1CC1. The number of nitrogens with one attached hydrogen (secondary N) is 1. The first-order valence-corrected chi connectivity index (χ1v) is 8.85. The molecule has 2 nitrogen and oxygen atoms in total. The molecule has 1 atom stereocenters. The second-order valence-corrected chi connectivity index (χ2v) is 6.45. The van der Waals surface area contributed by atoms with Gasteiger partial charge in [0.15, 0.2) is 0 Å². The zero-order valence-corrected chi connectivity index (χ0v) is 14.2. The van der Waals surface area contributed by atoms with Crippen molar-refractivity contribution >= 4 is 11.6 Å². The van der Waals surface area contributed by atoms with Crippen LogP contribution in [-0.4, -0.2) is 30.6 Å². The molecule has 0 bridgehead atoms. The van der Waals surface area contributed by atoms with E-state index in [1.54, 1.807) is 0 Å². The molecule has 3 heteroatoms. The molecule has 1 aliphatic carbocycles. The molecule has 0 aliphatic heterocycles. The Balaban J connectivity index is 1.94. The van der Waals surface area contributed by atoms with E-state index in [1.807, 2.05) is 12.1 Å². The molecule has 1 aromatic carbocycles. The molecule has 21 heavy (non-hydrogen) atoms.